The minimum absolute atomic E-state index is 0. The molecule has 7 heteroatoms. The maximum atomic E-state index is 11.0. The summed E-state index contributed by atoms with van der Waals surface area (Å²) >= 11 is 0. The standard InChI is InChI=1S/C7H13NO4S.Na.H/c1-4-7(9)8-12-13(10,11)5-6(2)3;;/h4,6H,1,5H2,2-3H3,(H,8,9);;. The topological polar surface area (TPSA) is 72.5 Å². The number of amides is 1. The summed E-state index contributed by atoms with van der Waals surface area (Å²) in [6, 6.07) is 0. The van der Waals surface area contributed by atoms with E-state index in [0.29, 0.717) is 0 Å². The first-order valence-corrected chi connectivity index (χ1v) is 5.28. The van der Waals surface area contributed by atoms with Gasteiger partial charge < -0.3 is 0 Å². The molecule has 0 fully saturated rings. The summed E-state index contributed by atoms with van der Waals surface area (Å²) in [7, 11) is -3.67. The van der Waals surface area contributed by atoms with Gasteiger partial charge in [-0.1, -0.05) is 20.4 Å². The zero-order valence-corrected chi connectivity index (χ0v) is 8.43. The van der Waals surface area contributed by atoms with Crippen LogP contribution in [0.2, 0.25) is 0 Å². The average Bonchev–Trinajstić information content (AvgIpc) is 1.98. The van der Waals surface area contributed by atoms with Gasteiger partial charge >= 0.3 is 29.6 Å². The van der Waals surface area contributed by atoms with Gasteiger partial charge in [-0.05, 0) is 12.0 Å². The van der Waals surface area contributed by atoms with Crippen LogP contribution in [0.25, 0.3) is 0 Å². The summed E-state index contributed by atoms with van der Waals surface area (Å²) in [5.74, 6) is -0.872. The first-order valence-electron chi connectivity index (χ1n) is 3.71. The quantitative estimate of drug-likeness (QED) is 0.395. The van der Waals surface area contributed by atoms with Crippen LogP contribution in [0.15, 0.2) is 12.7 Å². The van der Waals surface area contributed by atoms with Crippen molar-refractivity contribution in [3.8, 4) is 0 Å². The third-order valence-electron chi connectivity index (χ3n) is 0.992. The van der Waals surface area contributed by atoms with Gasteiger partial charge in [0.05, 0.1) is 5.75 Å². The van der Waals surface area contributed by atoms with Crippen LogP contribution in [-0.4, -0.2) is 49.6 Å². The molecule has 0 unspecified atom stereocenters. The summed E-state index contributed by atoms with van der Waals surface area (Å²) in [6.45, 7) is 6.60. The normalized spacial score (nSPS) is 10.5. The Morgan fingerprint density at radius 2 is 2.07 bits per heavy atom. The van der Waals surface area contributed by atoms with Gasteiger partial charge in [0.2, 0.25) is 0 Å². The van der Waals surface area contributed by atoms with Gasteiger partial charge in [-0.25, -0.2) is 5.48 Å². The summed E-state index contributed by atoms with van der Waals surface area (Å²) in [4.78, 5) is 10.5. The number of carbonyl (C=O) groups excluding carboxylic acids is 1. The van der Waals surface area contributed by atoms with Crippen molar-refractivity contribution in [1.82, 2.24) is 5.48 Å². The molecular weight excluding hydrogens is 217 g/mol. The predicted octanol–water partition coefficient (Wildman–Crippen LogP) is -0.443. The van der Waals surface area contributed by atoms with Crippen LogP contribution in [0, 0.1) is 5.92 Å². The van der Waals surface area contributed by atoms with E-state index in [4.69, 9.17) is 0 Å². The van der Waals surface area contributed by atoms with Crippen molar-refractivity contribution in [3.05, 3.63) is 12.7 Å². The van der Waals surface area contributed by atoms with Gasteiger partial charge in [0.1, 0.15) is 0 Å². The van der Waals surface area contributed by atoms with Crippen molar-refractivity contribution >= 4 is 45.6 Å². The van der Waals surface area contributed by atoms with E-state index in [0.717, 1.165) is 6.08 Å². The monoisotopic (exact) mass is 231 g/mol. The van der Waals surface area contributed by atoms with Gasteiger partial charge in [0, 0.05) is 0 Å². The number of hydrogen-bond donors (Lipinski definition) is 1. The van der Waals surface area contributed by atoms with E-state index in [1.807, 2.05) is 0 Å². The molecule has 78 valence electrons. The molecule has 0 aliphatic carbocycles. The first-order chi connectivity index (χ1) is 5.87. The minimum atomic E-state index is -3.67. The summed E-state index contributed by atoms with van der Waals surface area (Å²) in [5.41, 5.74) is 1.73. The molecule has 5 nitrogen and oxygen atoms in total. The number of hydroxylamine groups is 1. The van der Waals surface area contributed by atoms with Crippen molar-refractivity contribution in [2.45, 2.75) is 13.8 Å². The number of nitrogens with one attached hydrogen (secondary N) is 1. The van der Waals surface area contributed by atoms with E-state index in [1.165, 1.54) is 0 Å². The summed E-state index contributed by atoms with van der Waals surface area (Å²) in [5, 5.41) is 0. The van der Waals surface area contributed by atoms with E-state index in [-0.39, 0.29) is 41.2 Å². The van der Waals surface area contributed by atoms with Crippen LogP contribution in [0.5, 0.6) is 0 Å². The van der Waals surface area contributed by atoms with Crippen molar-refractivity contribution in [2.75, 3.05) is 5.75 Å². The van der Waals surface area contributed by atoms with Crippen molar-refractivity contribution in [3.63, 3.8) is 0 Å². The Hall–Kier alpha value is 0.120. The SMILES string of the molecule is C=CC(=O)NOS(=O)(=O)CC(C)C.[NaH]. The second kappa shape index (κ2) is 7.42. The van der Waals surface area contributed by atoms with Crippen LogP contribution in [-0.2, 0) is 19.2 Å². The van der Waals surface area contributed by atoms with Crippen molar-refractivity contribution in [2.24, 2.45) is 5.92 Å². The molecule has 0 heterocycles. The fraction of sp³-hybridized carbons (Fsp3) is 0.571. The Morgan fingerprint density at radius 3 is 2.43 bits per heavy atom. The van der Waals surface area contributed by atoms with E-state index in [1.54, 1.807) is 19.3 Å². The van der Waals surface area contributed by atoms with Crippen LogP contribution in [0.1, 0.15) is 13.8 Å². The summed E-state index contributed by atoms with van der Waals surface area (Å²) in [6.07, 6.45) is 0.922. The van der Waals surface area contributed by atoms with Gasteiger partial charge in [-0.2, -0.15) is 8.42 Å². The van der Waals surface area contributed by atoms with Crippen molar-refractivity contribution in [1.29, 1.82) is 0 Å². The predicted molar refractivity (Wildman–Crippen MR) is 55.2 cm³/mol. The molecule has 0 aliphatic rings. The van der Waals surface area contributed by atoms with Gasteiger partial charge in [0.15, 0.2) is 0 Å². The Morgan fingerprint density at radius 1 is 1.57 bits per heavy atom. The van der Waals surface area contributed by atoms with Gasteiger partial charge in [0.25, 0.3) is 16.0 Å². The Kier molecular flexibility index (Phi) is 8.77. The first kappa shape index (κ1) is 16.5. The molecule has 1 N–H and O–H groups in total. The number of rotatable bonds is 5. The maximum absolute atomic E-state index is 11.0. The van der Waals surface area contributed by atoms with Crippen LogP contribution in [0.4, 0.5) is 0 Å². The molecule has 0 radical (unpaired) electrons. The Labute approximate surface area is 106 Å². The Bertz CT molecular complexity index is 286. The number of carbonyl (C=O) groups is 1. The molecule has 0 rings (SSSR count). The molecule has 0 spiro atoms. The fourth-order valence-corrected chi connectivity index (χ4v) is 1.68. The van der Waals surface area contributed by atoms with E-state index in [9.17, 15) is 13.2 Å². The van der Waals surface area contributed by atoms with Crippen LogP contribution in [0.3, 0.4) is 0 Å². The second-order valence-electron chi connectivity index (χ2n) is 2.87. The zero-order chi connectivity index (χ0) is 10.5. The molecule has 1 amide bonds. The molecule has 0 aromatic rings. The van der Waals surface area contributed by atoms with E-state index in [2.05, 4.69) is 10.9 Å². The Balaban J connectivity index is 0. The third-order valence-corrected chi connectivity index (χ3v) is 2.40. The van der Waals surface area contributed by atoms with Gasteiger partial charge in [-0.3, -0.25) is 4.79 Å². The third kappa shape index (κ3) is 8.71. The average molecular weight is 231 g/mol. The van der Waals surface area contributed by atoms with E-state index < -0.39 is 16.0 Å². The molecular formula is C7H14NNaO4S. The molecule has 0 saturated carbocycles. The molecule has 14 heavy (non-hydrogen) atoms. The molecule has 0 saturated heterocycles. The summed E-state index contributed by atoms with van der Waals surface area (Å²) < 4.78 is 26.2. The molecule has 0 aliphatic heterocycles. The molecule has 0 atom stereocenters. The number of hydrogen-bond acceptors (Lipinski definition) is 4. The van der Waals surface area contributed by atoms with Gasteiger partial charge in [-0.15, -0.1) is 4.28 Å². The van der Waals surface area contributed by atoms with Crippen LogP contribution < -0.4 is 5.48 Å². The molecule has 0 bridgehead atoms. The zero-order valence-electron chi connectivity index (χ0n) is 7.61. The van der Waals surface area contributed by atoms with E-state index >= 15 is 0 Å². The fourth-order valence-electron chi connectivity index (χ4n) is 0.588. The molecule has 0 aromatic heterocycles. The van der Waals surface area contributed by atoms with Crippen molar-refractivity contribution < 1.29 is 17.5 Å². The second-order valence-corrected chi connectivity index (χ2v) is 4.49. The molecule has 0 aromatic carbocycles. The van der Waals surface area contributed by atoms with Crippen LogP contribution >= 0.6 is 0 Å².